The molecule has 1 heterocycles. The third kappa shape index (κ3) is 4.43. The molecule has 1 aliphatic carbocycles. The normalized spacial score (nSPS) is 20.5. The average Bonchev–Trinajstić information content (AvgIpc) is 3.14. The van der Waals surface area contributed by atoms with Crippen LogP contribution in [0.25, 0.3) is 11.1 Å². The van der Waals surface area contributed by atoms with Crippen LogP contribution in [-0.4, -0.2) is 65.9 Å². The first-order valence-electron chi connectivity index (χ1n) is 11.2. The molecule has 8 heteroatoms. The molecule has 0 radical (unpaired) electrons. The lowest BCUT2D eigenvalue weighted by molar-refractivity contribution is -0.165. The molecule has 1 saturated heterocycles. The fourth-order valence-corrected chi connectivity index (χ4v) is 4.72. The fraction of sp³-hybridized carbons (Fsp3) is 0.400. The predicted molar refractivity (Wildman–Crippen MR) is 121 cm³/mol. The quantitative estimate of drug-likeness (QED) is 0.698. The maximum atomic E-state index is 13.0. The zero-order valence-electron chi connectivity index (χ0n) is 18.7. The van der Waals surface area contributed by atoms with Gasteiger partial charge in [-0.15, -0.1) is 0 Å². The van der Waals surface area contributed by atoms with E-state index in [9.17, 15) is 19.5 Å². The minimum atomic E-state index is -1.13. The van der Waals surface area contributed by atoms with Crippen LogP contribution in [0.4, 0.5) is 4.79 Å². The van der Waals surface area contributed by atoms with Gasteiger partial charge in [0.2, 0.25) is 5.91 Å². The van der Waals surface area contributed by atoms with Crippen molar-refractivity contribution < 1.29 is 29.0 Å². The highest BCUT2D eigenvalue weighted by Crippen LogP contribution is 2.44. The minimum absolute atomic E-state index is 0.0876. The Bertz CT molecular complexity index is 1010. The van der Waals surface area contributed by atoms with E-state index in [0.29, 0.717) is 6.42 Å². The summed E-state index contributed by atoms with van der Waals surface area (Å²) in [6.07, 6.45) is -1.03. The molecule has 2 amide bonds. The summed E-state index contributed by atoms with van der Waals surface area (Å²) < 4.78 is 10.9. The maximum Gasteiger partial charge on any atom is 0.407 e. The van der Waals surface area contributed by atoms with Crippen molar-refractivity contribution in [3.8, 4) is 11.1 Å². The molecular formula is C25H28N2O6. The minimum Gasteiger partial charge on any atom is -0.480 e. The first-order chi connectivity index (χ1) is 15.9. The molecule has 174 valence electrons. The van der Waals surface area contributed by atoms with Crippen LogP contribution >= 0.6 is 0 Å². The second-order valence-electron chi connectivity index (χ2n) is 8.32. The maximum absolute atomic E-state index is 13.0. The summed E-state index contributed by atoms with van der Waals surface area (Å²) >= 11 is 0. The van der Waals surface area contributed by atoms with Crippen molar-refractivity contribution in [2.24, 2.45) is 0 Å². The first-order valence-corrected chi connectivity index (χ1v) is 11.2. The van der Waals surface area contributed by atoms with E-state index < -0.39 is 36.2 Å². The molecular weight excluding hydrogens is 424 g/mol. The molecule has 2 aromatic rings. The molecule has 0 bridgehead atoms. The number of carbonyl (C=O) groups excluding carboxylic acids is 2. The molecule has 0 aromatic heterocycles. The standard InChI is InChI=1S/C25H28N2O6/c1-3-21(23(28)27-12-13-32-15(2)22(27)24(29)30)26-25(31)33-14-20-18-10-6-4-8-16(18)17-9-5-7-11-19(17)20/h4-11,15,20-22H,3,12-14H2,1-2H3,(H,26,31)(H,29,30)/t15?,21-,22?/m0/s1. The highest BCUT2D eigenvalue weighted by Gasteiger charge is 2.40. The highest BCUT2D eigenvalue weighted by molar-refractivity contribution is 5.89. The summed E-state index contributed by atoms with van der Waals surface area (Å²) in [6, 6.07) is 14.1. The largest absolute Gasteiger partial charge is 0.480 e. The van der Waals surface area contributed by atoms with Gasteiger partial charge < -0.3 is 24.8 Å². The Labute approximate surface area is 192 Å². The number of amides is 2. The molecule has 0 spiro atoms. The Morgan fingerprint density at radius 2 is 1.73 bits per heavy atom. The van der Waals surface area contributed by atoms with E-state index in [2.05, 4.69) is 17.4 Å². The van der Waals surface area contributed by atoms with E-state index in [1.807, 2.05) is 36.4 Å². The second-order valence-corrected chi connectivity index (χ2v) is 8.32. The van der Waals surface area contributed by atoms with Gasteiger partial charge in [0.1, 0.15) is 12.6 Å². The van der Waals surface area contributed by atoms with Gasteiger partial charge in [-0.25, -0.2) is 9.59 Å². The summed E-state index contributed by atoms with van der Waals surface area (Å²) in [6.45, 7) is 3.92. The molecule has 4 rings (SSSR count). The van der Waals surface area contributed by atoms with Crippen LogP contribution in [-0.2, 0) is 19.1 Å². The molecule has 3 atom stereocenters. The Kier molecular flexibility index (Phi) is 6.65. The molecule has 1 aliphatic heterocycles. The Hall–Kier alpha value is -3.39. The average molecular weight is 453 g/mol. The lowest BCUT2D eigenvalue weighted by Crippen LogP contribution is -2.60. The topological polar surface area (TPSA) is 105 Å². The summed E-state index contributed by atoms with van der Waals surface area (Å²) in [5, 5.41) is 12.2. The summed E-state index contributed by atoms with van der Waals surface area (Å²) in [5.41, 5.74) is 4.46. The smallest absolute Gasteiger partial charge is 0.407 e. The Balaban J connectivity index is 1.42. The van der Waals surface area contributed by atoms with E-state index in [0.717, 1.165) is 22.3 Å². The molecule has 1 fully saturated rings. The van der Waals surface area contributed by atoms with Crippen LogP contribution in [0.15, 0.2) is 48.5 Å². The zero-order chi connectivity index (χ0) is 23.5. The first kappa shape index (κ1) is 22.8. The van der Waals surface area contributed by atoms with Gasteiger partial charge in [-0.1, -0.05) is 55.5 Å². The van der Waals surface area contributed by atoms with Crippen LogP contribution < -0.4 is 5.32 Å². The van der Waals surface area contributed by atoms with Crippen LogP contribution in [0.3, 0.4) is 0 Å². The zero-order valence-corrected chi connectivity index (χ0v) is 18.7. The number of carboxylic acid groups (broad SMARTS) is 1. The summed E-state index contributed by atoms with van der Waals surface area (Å²) in [7, 11) is 0. The van der Waals surface area contributed by atoms with E-state index in [1.165, 1.54) is 4.90 Å². The van der Waals surface area contributed by atoms with Gasteiger partial charge in [-0.05, 0) is 35.6 Å². The van der Waals surface area contributed by atoms with Crippen molar-refractivity contribution in [3.63, 3.8) is 0 Å². The van der Waals surface area contributed by atoms with Gasteiger partial charge in [0.15, 0.2) is 6.04 Å². The van der Waals surface area contributed by atoms with Crippen molar-refractivity contribution in [2.45, 2.75) is 44.4 Å². The second kappa shape index (κ2) is 9.62. The number of benzene rings is 2. The van der Waals surface area contributed by atoms with Crippen molar-refractivity contribution in [3.05, 3.63) is 59.7 Å². The number of hydrogen-bond acceptors (Lipinski definition) is 5. The summed E-state index contributed by atoms with van der Waals surface area (Å²) in [5.74, 6) is -1.67. The third-order valence-electron chi connectivity index (χ3n) is 6.37. The fourth-order valence-electron chi connectivity index (χ4n) is 4.72. The molecule has 33 heavy (non-hydrogen) atoms. The van der Waals surface area contributed by atoms with E-state index in [-0.39, 0.29) is 25.7 Å². The lowest BCUT2D eigenvalue weighted by atomic mass is 9.98. The van der Waals surface area contributed by atoms with Crippen LogP contribution in [0.5, 0.6) is 0 Å². The van der Waals surface area contributed by atoms with Crippen molar-refractivity contribution >= 4 is 18.0 Å². The Morgan fingerprint density at radius 1 is 1.12 bits per heavy atom. The number of rotatable bonds is 6. The van der Waals surface area contributed by atoms with Crippen molar-refractivity contribution in [1.82, 2.24) is 10.2 Å². The predicted octanol–water partition coefficient (Wildman–Crippen LogP) is 3.00. The highest BCUT2D eigenvalue weighted by atomic mass is 16.5. The van der Waals surface area contributed by atoms with E-state index >= 15 is 0 Å². The number of hydrogen-bond donors (Lipinski definition) is 2. The number of alkyl carbamates (subject to hydrolysis) is 1. The molecule has 2 N–H and O–H groups in total. The molecule has 2 aliphatic rings. The van der Waals surface area contributed by atoms with Gasteiger partial charge in [0.25, 0.3) is 0 Å². The molecule has 2 aromatic carbocycles. The van der Waals surface area contributed by atoms with Gasteiger partial charge in [-0.2, -0.15) is 0 Å². The van der Waals surface area contributed by atoms with Crippen LogP contribution in [0.2, 0.25) is 0 Å². The number of fused-ring (bicyclic) bond motifs is 3. The van der Waals surface area contributed by atoms with Crippen molar-refractivity contribution in [1.29, 1.82) is 0 Å². The van der Waals surface area contributed by atoms with Crippen LogP contribution in [0, 0.1) is 0 Å². The number of nitrogens with one attached hydrogen (secondary N) is 1. The lowest BCUT2D eigenvalue weighted by Gasteiger charge is -2.38. The monoisotopic (exact) mass is 452 g/mol. The Morgan fingerprint density at radius 3 is 2.30 bits per heavy atom. The van der Waals surface area contributed by atoms with Gasteiger partial charge in [0.05, 0.1) is 12.7 Å². The van der Waals surface area contributed by atoms with Gasteiger partial charge in [-0.3, -0.25) is 4.79 Å². The number of carboxylic acids is 1. The van der Waals surface area contributed by atoms with Gasteiger partial charge >= 0.3 is 12.1 Å². The van der Waals surface area contributed by atoms with Crippen molar-refractivity contribution in [2.75, 3.05) is 19.8 Å². The number of ether oxygens (including phenoxy) is 2. The van der Waals surface area contributed by atoms with Crippen LogP contribution in [0.1, 0.15) is 37.3 Å². The number of carbonyl (C=O) groups is 3. The number of morpholine rings is 1. The molecule has 8 nitrogen and oxygen atoms in total. The molecule has 0 saturated carbocycles. The molecule has 2 unspecified atom stereocenters. The summed E-state index contributed by atoms with van der Waals surface area (Å²) in [4.78, 5) is 38.6. The number of nitrogens with zero attached hydrogens (tertiary/aromatic N) is 1. The van der Waals surface area contributed by atoms with Gasteiger partial charge in [0, 0.05) is 12.5 Å². The number of aliphatic carboxylic acids is 1. The van der Waals surface area contributed by atoms with E-state index in [1.54, 1.807) is 13.8 Å². The SMILES string of the molecule is CC[C@H](NC(=O)OCC1c2ccccc2-c2ccccc21)C(=O)N1CCOC(C)C1C(=O)O. The third-order valence-corrected chi connectivity index (χ3v) is 6.37. The van der Waals surface area contributed by atoms with E-state index in [4.69, 9.17) is 9.47 Å².